The molecule has 0 bridgehead atoms. The van der Waals surface area contributed by atoms with Crippen LogP contribution in [0.5, 0.6) is 0 Å². The van der Waals surface area contributed by atoms with Gasteiger partial charge >= 0.3 is 0 Å². The molecule has 0 fully saturated rings. The quantitative estimate of drug-likeness (QED) is 0.609. The van der Waals surface area contributed by atoms with Crippen molar-refractivity contribution in [3.8, 4) is 0 Å². The van der Waals surface area contributed by atoms with Gasteiger partial charge in [-0.2, -0.15) is 5.21 Å². The van der Waals surface area contributed by atoms with Crippen molar-refractivity contribution in [3.05, 3.63) is 6.20 Å². The molecular formula is C6H8N5Si. The number of nitrogens with one attached hydrogen (secondary N) is 1. The van der Waals surface area contributed by atoms with Crippen LogP contribution in [0.1, 0.15) is 0 Å². The molecule has 1 N–H and O–H groups in total. The molecule has 0 saturated heterocycles. The van der Waals surface area contributed by atoms with Gasteiger partial charge in [-0.05, 0) is 0 Å². The van der Waals surface area contributed by atoms with Crippen LogP contribution in [0.25, 0.3) is 11.3 Å². The molecule has 2 heterocycles. The normalized spacial score (nSPS) is 11.2. The molecular weight excluding hydrogens is 170 g/mol. The summed E-state index contributed by atoms with van der Waals surface area (Å²) in [4.78, 5) is 8.43. The first kappa shape index (κ1) is 7.35. The molecule has 1 radical (unpaired) electrons. The molecule has 6 heteroatoms. The van der Waals surface area contributed by atoms with Crippen LogP contribution in [0.4, 0.5) is 0 Å². The molecule has 0 spiro atoms. The molecule has 0 aliphatic carbocycles. The number of rotatable bonds is 1. The smallest absolute Gasteiger partial charge is 0.220 e. The van der Waals surface area contributed by atoms with E-state index in [0.29, 0.717) is 11.3 Å². The van der Waals surface area contributed by atoms with Gasteiger partial charge in [0.25, 0.3) is 0 Å². The van der Waals surface area contributed by atoms with Crippen LogP contribution in [0, 0.1) is 0 Å². The summed E-state index contributed by atoms with van der Waals surface area (Å²) in [7, 11) is -0.536. The van der Waals surface area contributed by atoms with E-state index in [1.165, 1.54) is 0 Å². The lowest BCUT2D eigenvalue weighted by Gasteiger charge is -1.98. The summed E-state index contributed by atoms with van der Waals surface area (Å²) >= 11 is 0. The molecule has 12 heavy (non-hydrogen) atoms. The molecule has 0 amide bonds. The van der Waals surface area contributed by atoms with Gasteiger partial charge in [0.1, 0.15) is 8.80 Å². The summed E-state index contributed by atoms with van der Waals surface area (Å²) in [5.74, 6) is 0. The average molecular weight is 178 g/mol. The maximum Gasteiger partial charge on any atom is 0.220 e. The van der Waals surface area contributed by atoms with Gasteiger partial charge in [0.15, 0.2) is 0 Å². The lowest BCUT2D eigenvalue weighted by atomic mass is 10.7. The highest BCUT2D eigenvalue weighted by Gasteiger charge is 2.06. The molecule has 2 aromatic rings. The first-order valence-electron chi connectivity index (χ1n) is 3.61. The van der Waals surface area contributed by atoms with Crippen molar-refractivity contribution >= 4 is 25.4 Å². The second-order valence-electron chi connectivity index (χ2n) is 2.73. The fourth-order valence-electron chi connectivity index (χ4n) is 0.887. The molecule has 0 aliphatic heterocycles. The van der Waals surface area contributed by atoms with Crippen molar-refractivity contribution in [2.24, 2.45) is 0 Å². The lowest BCUT2D eigenvalue weighted by molar-refractivity contribution is 0.951. The molecule has 61 valence electrons. The first-order chi connectivity index (χ1) is 5.77. The molecule has 0 unspecified atom stereocenters. The maximum atomic E-state index is 4.31. The third-order valence-electron chi connectivity index (χ3n) is 1.56. The molecule has 5 nitrogen and oxygen atoms in total. The Balaban J connectivity index is 2.60. The highest BCUT2D eigenvalue weighted by molar-refractivity contribution is 6.69. The monoisotopic (exact) mass is 178 g/mol. The van der Waals surface area contributed by atoms with E-state index in [2.05, 4.69) is 38.5 Å². The number of hydrogen-bond donors (Lipinski definition) is 1. The Morgan fingerprint density at radius 3 is 2.75 bits per heavy atom. The molecule has 0 saturated carbocycles. The van der Waals surface area contributed by atoms with E-state index in [-0.39, 0.29) is 0 Å². The molecule has 0 aliphatic rings. The Kier molecular flexibility index (Phi) is 1.61. The van der Waals surface area contributed by atoms with Gasteiger partial charge in [-0.1, -0.05) is 13.1 Å². The minimum Gasteiger partial charge on any atom is -0.232 e. The molecule has 2 aromatic heterocycles. The van der Waals surface area contributed by atoms with Gasteiger partial charge in [0.05, 0.1) is 0 Å². The molecule has 0 atom stereocenters. The zero-order valence-corrected chi connectivity index (χ0v) is 7.87. The highest BCUT2D eigenvalue weighted by Crippen LogP contribution is 1.95. The van der Waals surface area contributed by atoms with Crippen LogP contribution < -0.4 is 5.32 Å². The van der Waals surface area contributed by atoms with Crippen molar-refractivity contribution in [3.63, 3.8) is 0 Å². The maximum absolute atomic E-state index is 4.31. The second kappa shape index (κ2) is 2.63. The standard InChI is InChI=1S/C6H8N5Si/c1-12(2)4-3-7-5-6(8-4)10-11-9-5/h3H,1-2H3,(H,7,8,9,10,11). The van der Waals surface area contributed by atoms with Crippen molar-refractivity contribution in [1.29, 1.82) is 0 Å². The summed E-state index contributed by atoms with van der Waals surface area (Å²) in [5.41, 5.74) is 1.20. The van der Waals surface area contributed by atoms with E-state index in [0.717, 1.165) is 5.32 Å². The number of fused-ring (bicyclic) bond motifs is 1. The first-order valence-corrected chi connectivity index (χ1v) is 6.11. The van der Waals surface area contributed by atoms with E-state index in [1.807, 2.05) is 0 Å². The minimum absolute atomic E-state index is 0.536. The Bertz CT molecular complexity index is 395. The van der Waals surface area contributed by atoms with Crippen LogP contribution in [-0.2, 0) is 0 Å². The fraction of sp³-hybridized carbons (Fsp3) is 0.333. The zero-order chi connectivity index (χ0) is 8.55. The van der Waals surface area contributed by atoms with Crippen molar-refractivity contribution in [1.82, 2.24) is 25.4 Å². The predicted molar refractivity (Wildman–Crippen MR) is 46.6 cm³/mol. The van der Waals surface area contributed by atoms with Crippen LogP contribution >= 0.6 is 0 Å². The third kappa shape index (κ3) is 1.09. The van der Waals surface area contributed by atoms with Crippen molar-refractivity contribution in [2.75, 3.05) is 0 Å². The van der Waals surface area contributed by atoms with Crippen LogP contribution in [0.2, 0.25) is 13.1 Å². The Morgan fingerprint density at radius 1 is 1.25 bits per heavy atom. The van der Waals surface area contributed by atoms with Gasteiger partial charge < -0.3 is 0 Å². The predicted octanol–water partition coefficient (Wildman–Crippen LogP) is -0.291. The summed E-state index contributed by atoms with van der Waals surface area (Å²) in [6, 6.07) is 0. The largest absolute Gasteiger partial charge is 0.232 e. The fourth-order valence-corrected chi connectivity index (χ4v) is 1.54. The molecule has 2 rings (SSSR count). The van der Waals surface area contributed by atoms with E-state index in [9.17, 15) is 0 Å². The van der Waals surface area contributed by atoms with E-state index >= 15 is 0 Å². The van der Waals surface area contributed by atoms with Crippen molar-refractivity contribution in [2.45, 2.75) is 13.1 Å². The van der Waals surface area contributed by atoms with E-state index in [1.54, 1.807) is 6.20 Å². The van der Waals surface area contributed by atoms with Crippen molar-refractivity contribution < 1.29 is 0 Å². The van der Waals surface area contributed by atoms with E-state index < -0.39 is 8.80 Å². The molecule has 0 aromatic carbocycles. The summed E-state index contributed by atoms with van der Waals surface area (Å²) in [6.45, 7) is 4.33. The summed E-state index contributed by atoms with van der Waals surface area (Å²) in [6.07, 6.45) is 1.78. The number of aromatic nitrogens is 5. The summed E-state index contributed by atoms with van der Waals surface area (Å²) < 4.78 is 0. The van der Waals surface area contributed by atoms with Gasteiger partial charge in [0, 0.05) is 11.5 Å². The Labute approximate surface area is 70.8 Å². The lowest BCUT2D eigenvalue weighted by Crippen LogP contribution is -2.26. The summed E-state index contributed by atoms with van der Waals surface area (Å²) in [5, 5.41) is 11.2. The minimum atomic E-state index is -0.536. The Morgan fingerprint density at radius 2 is 2.00 bits per heavy atom. The number of nitrogens with zero attached hydrogens (tertiary/aromatic N) is 4. The number of H-pyrrole nitrogens is 1. The van der Waals surface area contributed by atoms with Gasteiger partial charge in [-0.25, -0.2) is 9.97 Å². The van der Waals surface area contributed by atoms with Gasteiger partial charge in [-0.15, -0.1) is 10.2 Å². The zero-order valence-electron chi connectivity index (χ0n) is 6.87. The van der Waals surface area contributed by atoms with Crippen LogP contribution in [0.3, 0.4) is 0 Å². The van der Waals surface area contributed by atoms with Gasteiger partial charge in [-0.3, -0.25) is 0 Å². The third-order valence-corrected chi connectivity index (χ3v) is 2.83. The van der Waals surface area contributed by atoms with Crippen LogP contribution in [0.15, 0.2) is 6.20 Å². The van der Waals surface area contributed by atoms with Crippen LogP contribution in [-0.4, -0.2) is 34.2 Å². The number of aromatic amines is 1. The van der Waals surface area contributed by atoms with E-state index in [4.69, 9.17) is 0 Å². The Hall–Kier alpha value is -1.30. The topological polar surface area (TPSA) is 67.3 Å². The van der Waals surface area contributed by atoms with Gasteiger partial charge in [0.2, 0.25) is 11.3 Å². The number of hydrogen-bond acceptors (Lipinski definition) is 4. The highest BCUT2D eigenvalue weighted by atomic mass is 28.3. The second-order valence-corrected chi connectivity index (χ2v) is 5.24. The average Bonchev–Trinajstić information content (AvgIpc) is 2.49. The SMILES string of the molecule is C[Si](C)c1cnc2n[nH]nc2n1.